The number of thiocarbonyl (C=S) groups is 1. The molecule has 1 aromatic carbocycles. The van der Waals surface area contributed by atoms with Crippen LogP contribution >= 0.6 is 12.2 Å². The van der Waals surface area contributed by atoms with Gasteiger partial charge in [0.2, 0.25) is 0 Å². The van der Waals surface area contributed by atoms with Gasteiger partial charge in [0, 0.05) is 48.2 Å². The molecule has 4 aromatic rings. The highest BCUT2D eigenvalue weighted by molar-refractivity contribution is 7.80. The number of ether oxygens (including phenoxy) is 1. The summed E-state index contributed by atoms with van der Waals surface area (Å²) in [6, 6.07) is 23.1. The third-order valence-corrected chi connectivity index (χ3v) is 7.88. The first-order valence-electron chi connectivity index (χ1n) is 13.1. The average Bonchev–Trinajstić information content (AvgIpc) is 3.44. The fourth-order valence-electron chi connectivity index (χ4n) is 5.70. The molecule has 3 aromatic heterocycles. The maximum Gasteiger partial charge on any atom is 0.170 e. The summed E-state index contributed by atoms with van der Waals surface area (Å²) in [4.78, 5) is 13.9. The van der Waals surface area contributed by atoms with Gasteiger partial charge in [-0.1, -0.05) is 12.1 Å². The summed E-state index contributed by atoms with van der Waals surface area (Å²) < 4.78 is 7.86. The van der Waals surface area contributed by atoms with Crippen molar-refractivity contribution in [1.82, 2.24) is 24.8 Å². The average molecular weight is 525 g/mol. The fourth-order valence-corrected chi connectivity index (χ4v) is 6.00. The first kappa shape index (κ1) is 24.6. The van der Waals surface area contributed by atoms with Gasteiger partial charge in [-0.2, -0.15) is 0 Å². The molecule has 0 radical (unpaired) electrons. The van der Waals surface area contributed by atoms with Crippen molar-refractivity contribution < 1.29 is 4.74 Å². The van der Waals surface area contributed by atoms with Crippen molar-refractivity contribution in [3.63, 3.8) is 0 Å². The van der Waals surface area contributed by atoms with Crippen LogP contribution in [0, 0.1) is 13.8 Å². The number of morpholine rings is 1. The predicted octanol–water partition coefficient (Wildman–Crippen LogP) is 4.89. The van der Waals surface area contributed by atoms with Gasteiger partial charge in [-0.15, -0.1) is 0 Å². The summed E-state index contributed by atoms with van der Waals surface area (Å²) in [7, 11) is 0. The molecule has 0 spiro atoms. The summed E-state index contributed by atoms with van der Waals surface area (Å²) in [5, 5.41) is 4.29. The molecule has 2 aliphatic heterocycles. The predicted molar refractivity (Wildman–Crippen MR) is 154 cm³/mol. The molecule has 2 atom stereocenters. The molecule has 0 amide bonds. The van der Waals surface area contributed by atoms with Crippen LogP contribution in [0.3, 0.4) is 0 Å². The zero-order chi connectivity index (χ0) is 26.1. The molecule has 0 aliphatic carbocycles. The third kappa shape index (κ3) is 4.66. The van der Waals surface area contributed by atoms with Gasteiger partial charge in [0.1, 0.15) is 0 Å². The van der Waals surface area contributed by atoms with Gasteiger partial charge in [0.05, 0.1) is 43.2 Å². The minimum Gasteiger partial charge on any atom is -0.378 e. The first-order chi connectivity index (χ1) is 18.6. The van der Waals surface area contributed by atoms with Gasteiger partial charge in [0.25, 0.3) is 0 Å². The Kier molecular flexibility index (Phi) is 6.82. The Bertz CT molecular complexity index is 1400. The van der Waals surface area contributed by atoms with Gasteiger partial charge >= 0.3 is 0 Å². The van der Waals surface area contributed by atoms with E-state index in [0.29, 0.717) is 6.54 Å². The van der Waals surface area contributed by atoms with E-state index in [2.05, 4.69) is 74.9 Å². The van der Waals surface area contributed by atoms with E-state index in [1.165, 1.54) is 22.6 Å². The van der Waals surface area contributed by atoms with E-state index in [9.17, 15) is 0 Å². The second-order valence-corrected chi connectivity index (χ2v) is 10.2. The zero-order valence-electron chi connectivity index (χ0n) is 21.7. The highest BCUT2D eigenvalue weighted by atomic mass is 32.1. The van der Waals surface area contributed by atoms with Crippen LogP contribution in [0.2, 0.25) is 0 Å². The topological polar surface area (TPSA) is 58.5 Å². The SMILES string of the molecule is Cc1cc(C2C(c3ccccn3)NC(=S)N2Cc2ccccn2)c(C)n1-c1ccc(N2CCOCC2)cc1. The molecule has 0 bridgehead atoms. The highest BCUT2D eigenvalue weighted by Crippen LogP contribution is 2.42. The van der Waals surface area contributed by atoms with Crippen LogP contribution in [0.25, 0.3) is 5.69 Å². The van der Waals surface area contributed by atoms with Crippen LogP contribution < -0.4 is 10.2 Å². The van der Waals surface area contributed by atoms with Crippen molar-refractivity contribution in [3.05, 3.63) is 107 Å². The zero-order valence-corrected chi connectivity index (χ0v) is 22.6. The Morgan fingerprint density at radius 2 is 1.63 bits per heavy atom. The minimum absolute atomic E-state index is 0.0213. The third-order valence-electron chi connectivity index (χ3n) is 7.53. The Balaban J connectivity index is 1.38. The first-order valence-corrected chi connectivity index (χ1v) is 13.5. The molecule has 6 rings (SSSR count). The summed E-state index contributed by atoms with van der Waals surface area (Å²) in [6.07, 6.45) is 3.68. The number of rotatable bonds is 6. The number of nitrogens with one attached hydrogen (secondary N) is 1. The van der Waals surface area contributed by atoms with Crippen molar-refractivity contribution in [3.8, 4) is 5.69 Å². The second-order valence-electron chi connectivity index (χ2n) is 9.85. The van der Waals surface area contributed by atoms with Gasteiger partial charge < -0.3 is 24.4 Å². The van der Waals surface area contributed by atoms with E-state index < -0.39 is 0 Å². The molecule has 2 unspecified atom stereocenters. The van der Waals surface area contributed by atoms with E-state index in [0.717, 1.165) is 48.5 Å². The number of benzene rings is 1. The van der Waals surface area contributed by atoms with Crippen molar-refractivity contribution in [1.29, 1.82) is 0 Å². The number of anilines is 1. The van der Waals surface area contributed by atoms with Crippen LogP contribution in [0.1, 0.15) is 40.4 Å². The lowest BCUT2D eigenvalue weighted by molar-refractivity contribution is 0.122. The standard InChI is InChI=1S/C30H32N6OS/c1-21-19-26(22(2)36(21)25-11-9-24(10-12-25)34-15-17-37-18-16-34)29-28(27-8-4-6-14-32-27)33-30(38)35(29)20-23-7-3-5-13-31-23/h3-14,19,28-29H,15-18,20H2,1-2H3,(H,33,38). The van der Waals surface area contributed by atoms with Crippen LogP contribution in [-0.4, -0.2) is 50.9 Å². The molecule has 38 heavy (non-hydrogen) atoms. The molecule has 0 saturated carbocycles. The van der Waals surface area contributed by atoms with Crippen LogP contribution in [0.4, 0.5) is 5.69 Å². The van der Waals surface area contributed by atoms with Crippen LogP contribution in [-0.2, 0) is 11.3 Å². The van der Waals surface area contributed by atoms with Gasteiger partial charge in [0.15, 0.2) is 5.11 Å². The monoisotopic (exact) mass is 524 g/mol. The Hall–Kier alpha value is -3.75. The number of aromatic nitrogens is 3. The number of pyridine rings is 2. The van der Waals surface area contributed by atoms with Gasteiger partial charge in [-0.25, -0.2) is 0 Å². The summed E-state index contributed by atoms with van der Waals surface area (Å²) in [5.74, 6) is 0. The number of aryl methyl sites for hydroxylation is 1. The largest absolute Gasteiger partial charge is 0.378 e. The molecule has 194 valence electrons. The second kappa shape index (κ2) is 10.6. The normalized spacial score (nSPS) is 19.6. The lowest BCUT2D eigenvalue weighted by Gasteiger charge is -2.29. The summed E-state index contributed by atoms with van der Waals surface area (Å²) in [5.41, 5.74) is 7.97. The highest BCUT2D eigenvalue weighted by Gasteiger charge is 2.41. The molecular weight excluding hydrogens is 492 g/mol. The molecule has 2 aliphatic rings. The Labute approximate surface area is 229 Å². The number of hydrogen-bond donors (Lipinski definition) is 1. The van der Waals surface area contributed by atoms with E-state index in [1.54, 1.807) is 0 Å². The number of nitrogens with zero attached hydrogens (tertiary/aromatic N) is 5. The maximum atomic E-state index is 5.89. The summed E-state index contributed by atoms with van der Waals surface area (Å²) in [6.45, 7) is 8.43. The Morgan fingerprint density at radius 3 is 2.32 bits per heavy atom. The van der Waals surface area contributed by atoms with E-state index in [-0.39, 0.29) is 12.1 Å². The van der Waals surface area contributed by atoms with Gasteiger partial charge in [-0.05, 0) is 86.2 Å². The minimum atomic E-state index is -0.0648. The van der Waals surface area contributed by atoms with Crippen molar-refractivity contribution in [2.45, 2.75) is 32.5 Å². The van der Waals surface area contributed by atoms with E-state index >= 15 is 0 Å². The number of hydrogen-bond acceptors (Lipinski definition) is 5. The molecule has 2 saturated heterocycles. The molecular formula is C30H32N6OS. The van der Waals surface area contributed by atoms with Crippen LogP contribution in [0.15, 0.2) is 79.1 Å². The molecule has 8 heteroatoms. The van der Waals surface area contributed by atoms with Crippen molar-refractivity contribution in [2.24, 2.45) is 0 Å². The summed E-state index contributed by atoms with van der Waals surface area (Å²) >= 11 is 5.89. The molecule has 7 nitrogen and oxygen atoms in total. The lowest BCUT2D eigenvalue weighted by atomic mass is 9.96. The molecule has 5 heterocycles. The van der Waals surface area contributed by atoms with Crippen LogP contribution in [0.5, 0.6) is 0 Å². The molecule has 2 fully saturated rings. The lowest BCUT2D eigenvalue weighted by Crippen LogP contribution is -2.36. The quantitative estimate of drug-likeness (QED) is 0.360. The fraction of sp³-hybridized carbons (Fsp3) is 0.300. The smallest absolute Gasteiger partial charge is 0.170 e. The van der Waals surface area contributed by atoms with Gasteiger partial charge in [-0.3, -0.25) is 9.97 Å². The van der Waals surface area contributed by atoms with Crippen molar-refractivity contribution >= 4 is 23.0 Å². The van der Waals surface area contributed by atoms with E-state index in [4.69, 9.17) is 21.9 Å². The van der Waals surface area contributed by atoms with E-state index in [1.807, 2.05) is 42.7 Å². The van der Waals surface area contributed by atoms with Crippen molar-refractivity contribution in [2.75, 3.05) is 31.2 Å². The molecule has 1 N–H and O–H groups in total. The Morgan fingerprint density at radius 1 is 0.921 bits per heavy atom. The maximum absolute atomic E-state index is 5.89.